The van der Waals surface area contributed by atoms with Crippen LogP contribution in [0.4, 0.5) is 0 Å². The summed E-state index contributed by atoms with van der Waals surface area (Å²) < 4.78 is 0. The van der Waals surface area contributed by atoms with Crippen LogP contribution in [-0.2, 0) is 17.6 Å². The second-order valence-corrected chi connectivity index (χ2v) is 8.32. The van der Waals surface area contributed by atoms with Gasteiger partial charge in [-0.1, -0.05) is 23.6 Å². The first-order chi connectivity index (χ1) is 13.4. The first-order valence-corrected chi connectivity index (χ1v) is 10.3. The van der Waals surface area contributed by atoms with Gasteiger partial charge in [-0.15, -0.1) is 11.3 Å². The molecule has 6 nitrogen and oxygen atoms in total. The van der Waals surface area contributed by atoms with Gasteiger partial charge >= 0.3 is 0 Å². The average molecular weight is 400 g/mol. The molecule has 3 N–H and O–H groups in total. The zero-order chi connectivity index (χ0) is 20.1. The van der Waals surface area contributed by atoms with E-state index < -0.39 is 5.91 Å². The van der Waals surface area contributed by atoms with Crippen LogP contribution >= 0.6 is 11.3 Å². The summed E-state index contributed by atoms with van der Waals surface area (Å²) in [7, 11) is 0. The van der Waals surface area contributed by atoms with Crippen LogP contribution in [0.5, 0.6) is 0 Å². The molecule has 3 rings (SSSR count). The van der Waals surface area contributed by atoms with Gasteiger partial charge in [0.25, 0.3) is 17.7 Å². The molecule has 3 amide bonds. The third kappa shape index (κ3) is 5.19. The maximum absolute atomic E-state index is 12.3. The predicted octanol–water partition coefficient (Wildman–Crippen LogP) is 2.82. The number of hydrazine groups is 1. The number of hydrogen-bond donors (Lipinski definition) is 3. The molecule has 0 radical (unpaired) electrons. The minimum absolute atomic E-state index is 0.215. The number of hydrogen-bond acceptors (Lipinski definition) is 4. The first-order valence-electron chi connectivity index (χ1n) is 9.49. The van der Waals surface area contributed by atoms with Gasteiger partial charge in [0.1, 0.15) is 0 Å². The molecule has 1 aromatic heterocycles. The second kappa shape index (κ2) is 9.01. The van der Waals surface area contributed by atoms with E-state index in [2.05, 4.69) is 16.2 Å². The second-order valence-electron chi connectivity index (χ2n) is 7.18. The molecule has 0 atom stereocenters. The highest BCUT2D eigenvalue weighted by Gasteiger charge is 2.17. The summed E-state index contributed by atoms with van der Waals surface area (Å²) in [6.45, 7) is 3.61. The number of fused-ring (bicyclic) bond motifs is 1. The largest absolute Gasteiger partial charge is 0.343 e. The standard InChI is InChI=1S/C21H25N3O3S/c1-13-8-14(2)10-16(9-13)20(26)22-12-19(25)23-24-21(27)18-11-15-6-4-3-5-7-17(15)28-18/h8-11H,3-7,12H2,1-2H3,(H,22,26)(H,23,25)(H,24,27). The van der Waals surface area contributed by atoms with Crippen LogP contribution in [0.1, 0.15) is 60.9 Å². The summed E-state index contributed by atoms with van der Waals surface area (Å²) in [4.78, 5) is 38.3. The molecule has 1 heterocycles. The minimum Gasteiger partial charge on any atom is -0.343 e. The molecule has 28 heavy (non-hydrogen) atoms. The fourth-order valence-electron chi connectivity index (χ4n) is 3.38. The molecular weight excluding hydrogens is 374 g/mol. The van der Waals surface area contributed by atoms with Gasteiger partial charge in [0.15, 0.2) is 0 Å². The van der Waals surface area contributed by atoms with E-state index in [1.165, 1.54) is 28.2 Å². The number of nitrogens with one attached hydrogen (secondary N) is 3. The van der Waals surface area contributed by atoms with Gasteiger partial charge < -0.3 is 5.32 Å². The number of thiophene rings is 1. The van der Waals surface area contributed by atoms with E-state index in [0.717, 1.165) is 36.8 Å². The Morgan fingerprint density at radius 1 is 0.893 bits per heavy atom. The molecule has 0 aliphatic heterocycles. The van der Waals surface area contributed by atoms with Crippen LogP contribution in [0.25, 0.3) is 0 Å². The van der Waals surface area contributed by atoms with Crippen molar-refractivity contribution >= 4 is 29.1 Å². The minimum atomic E-state index is -0.482. The number of carbonyl (C=O) groups is 3. The summed E-state index contributed by atoms with van der Waals surface area (Å²) >= 11 is 1.49. The molecule has 0 saturated heterocycles. The van der Waals surface area contributed by atoms with E-state index in [0.29, 0.717) is 10.4 Å². The van der Waals surface area contributed by atoms with E-state index >= 15 is 0 Å². The lowest BCUT2D eigenvalue weighted by molar-refractivity contribution is -0.120. The topological polar surface area (TPSA) is 87.3 Å². The SMILES string of the molecule is Cc1cc(C)cc(C(=O)NCC(=O)NNC(=O)c2cc3c(s2)CCCCC3)c1. The zero-order valence-electron chi connectivity index (χ0n) is 16.2. The van der Waals surface area contributed by atoms with E-state index in [9.17, 15) is 14.4 Å². The Hall–Kier alpha value is -2.67. The smallest absolute Gasteiger partial charge is 0.279 e. The maximum Gasteiger partial charge on any atom is 0.279 e. The van der Waals surface area contributed by atoms with Gasteiger partial charge in [0.2, 0.25) is 0 Å². The fourth-order valence-corrected chi connectivity index (χ4v) is 4.53. The molecule has 1 aliphatic rings. The van der Waals surface area contributed by atoms with E-state index in [1.54, 1.807) is 12.1 Å². The highest BCUT2D eigenvalue weighted by molar-refractivity contribution is 7.14. The number of rotatable bonds is 4. The van der Waals surface area contributed by atoms with Crippen molar-refractivity contribution in [2.75, 3.05) is 6.54 Å². The van der Waals surface area contributed by atoms with Crippen molar-refractivity contribution < 1.29 is 14.4 Å². The van der Waals surface area contributed by atoms with E-state index in [-0.39, 0.29) is 18.4 Å². The number of benzene rings is 1. The molecule has 0 saturated carbocycles. The quantitative estimate of drug-likeness (QED) is 0.546. The number of amides is 3. The molecule has 0 bridgehead atoms. The highest BCUT2D eigenvalue weighted by atomic mass is 32.1. The van der Waals surface area contributed by atoms with Gasteiger partial charge in [0, 0.05) is 10.4 Å². The first kappa shape index (κ1) is 20.1. The van der Waals surface area contributed by atoms with Crippen LogP contribution in [0, 0.1) is 13.8 Å². The third-order valence-electron chi connectivity index (χ3n) is 4.68. The summed E-state index contributed by atoms with van der Waals surface area (Å²) in [6.07, 6.45) is 5.57. The zero-order valence-corrected chi connectivity index (χ0v) is 17.0. The van der Waals surface area contributed by atoms with Crippen LogP contribution in [0.2, 0.25) is 0 Å². The Bertz CT molecular complexity index is 861. The lowest BCUT2D eigenvalue weighted by atomic mass is 10.1. The van der Waals surface area contributed by atoms with Crippen molar-refractivity contribution in [3.63, 3.8) is 0 Å². The van der Waals surface area contributed by atoms with Crippen molar-refractivity contribution in [2.45, 2.75) is 46.0 Å². The highest BCUT2D eigenvalue weighted by Crippen LogP contribution is 2.28. The van der Waals surface area contributed by atoms with Gasteiger partial charge in [-0.25, -0.2) is 0 Å². The Balaban J connectivity index is 1.47. The molecule has 148 valence electrons. The molecule has 1 aliphatic carbocycles. The molecule has 2 aromatic rings. The molecule has 0 spiro atoms. The Morgan fingerprint density at radius 2 is 1.61 bits per heavy atom. The van der Waals surface area contributed by atoms with E-state index in [4.69, 9.17) is 0 Å². The van der Waals surface area contributed by atoms with Crippen molar-refractivity contribution in [2.24, 2.45) is 0 Å². The van der Waals surface area contributed by atoms with Crippen LogP contribution in [0.3, 0.4) is 0 Å². The van der Waals surface area contributed by atoms with Crippen molar-refractivity contribution in [1.82, 2.24) is 16.2 Å². The Kier molecular flexibility index (Phi) is 6.46. The van der Waals surface area contributed by atoms with E-state index in [1.807, 2.05) is 26.0 Å². The van der Waals surface area contributed by atoms with Crippen LogP contribution in [0.15, 0.2) is 24.3 Å². The fraction of sp³-hybridized carbons (Fsp3) is 0.381. The van der Waals surface area contributed by atoms with Gasteiger partial charge in [-0.05, 0) is 63.3 Å². The molecule has 0 fully saturated rings. The normalized spacial score (nSPS) is 13.2. The summed E-state index contributed by atoms with van der Waals surface area (Å²) in [5.74, 6) is -1.13. The summed E-state index contributed by atoms with van der Waals surface area (Å²) in [5, 5.41) is 2.56. The number of carbonyl (C=O) groups excluding carboxylic acids is 3. The lowest BCUT2D eigenvalue weighted by Crippen LogP contribution is -2.46. The van der Waals surface area contributed by atoms with Crippen molar-refractivity contribution in [1.29, 1.82) is 0 Å². The summed E-state index contributed by atoms with van der Waals surface area (Å²) in [5.41, 5.74) is 8.51. The van der Waals surface area contributed by atoms with Crippen LogP contribution < -0.4 is 16.2 Å². The van der Waals surface area contributed by atoms with Crippen molar-refractivity contribution in [3.8, 4) is 0 Å². The monoisotopic (exact) mass is 399 g/mol. The molecule has 7 heteroatoms. The number of aryl methyl sites for hydroxylation is 4. The van der Waals surface area contributed by atoms with Gasteiger partial charge in [-0.2, -0.15) is 0 Å². The average Bonchev–Trinajstić information content (AvgIpc) is 2.94. The molecule has 1 aromatic carbocycles. The molecular formula is C21H25N3O3S. The lowest BCUT2D eigenvalue weighted by Gasteiger charge is -2.09. The third-order valence-corrected chi connectivity index (χ3v) is 5.92. The van der Waals surface area contributed by atoms with Gasteiger partial charge in [0.05, 0.1) is 11.4 Å². The van der Waals surface area contributed by atoms with Crippen LogP contribution in [-0.4, -0.2) is 24.3 Å². The predicted molar refractivity (Wildman–Crippen MR) is 109 cm³/mol. The Morgan fingerprint density at radius 3 is 2.36 bits per heavy atom. The van der Waals surface area contributed by atoms with Gasteiger partial charge in [-0.3, -0.25) is 25.2 Å². The van der Waals surface area contributed by atoms with Crippen molar-refractivity contribution in [3.05, 3.63) is 56.3 Å². The Labute approximate surface area is 168 Å². The maximum atomic E-state index is 12.3. The summed E-state index contributed by atoms with van der Waals surface area (Å²) in [6, 6.07) is 7.43. The molecule has 0 unspecified atom stereocenters.